The van der Waals surface area contributed by atoms with Crippen molar-refractivity contribution >= 4 is 76.1 Å². The fourth-order valence-electron chi connectivity index (χ4n) is 0. The van der Waals surface area contributed by atoms with E-state index in [9.17, 15) is 14.1 Å². The first kappa shape index (κ1) is 25.5. The molecule has 14 heavy (non-hydrogen) atoms. The fraction of sp³-hybridized carbons (Fsp3) is 1.00. The summed E-state index contributed by atoms with van der Waals surface area (Å²) in [5, 5.41) is 0. The van der Waals surface area contributed by atoms with Crippen LogP contribution < -0.4 is 0 Å². The predicted molar refractivity (Wildman–Crippen MR) is 59.8 cm³/mol. The Labute approximate surface area is 103 Å². The van der Waals surface area contributed by atoms with Crippen LogP contribution in [0.5, 0.6) is 0 Å². The van der Waals surface area contributed by atoms with Gasteiger partial charge in [-0.25, -0.2) is 0 Å². The van der Waals surface area contributed by atoms with E-state index >= 15 is 0 Å². The summed E-state index contributed by atoms with van der Waals surface area (Å²) in [6.45, 7) is 0. The van der Waals surface area contributed by atoms with Crippen LogP contribution in [0.4, 0.5) is 14.1 Å². The SMILES string of the molecule is C.C.[Cl][Sb]([Cl])([Cl])([Cl])[Cl].[F][Sb]([F])([F])([F])[F]. The average molecular weight is 548 g/mol. The van der Waals surface area contributed by atoms with E-state index in [1.807, 2.05) is 0 Å². The number of rotatable bonds is 0. The van der Waals surface area contributed by atoms with Crippen LogP contribution in [0.2, 0.25) is 0 Å². The summed E-state index contributed by atoms with van der Waals surface area (Å²) in [6, 6.07) is 0. The van der Waals surface area contributed by atoms with Gasteiger partial charge in [-0.2, -0.15) is 0 Å². The third kappa shape index (κ3) is 371. The molecule has 0 radical (unpaired) electrons. The van der Waals surface area contributed by atoms with E-state index in [0.717, 1.165) is 0 Å². The van der Waals surface area contributed by atoms with Crippen LogP contribution in [0.3, 0.4) is 0 Å². The van der Waals surface area contributed by atoms with Crippen molar-refractivity contribution in [1.29, 1.82) is 0 Å². The molecule has 0 aromatic heterocycles. The first-order valence-corrected chi connectivity index (χ1v) is 22.7. The Balaban J connectivity index is -0.0000000625. The van der Waals surface area contributed by atoms with E-state index in [-0.39, 0.29) is 14.9 Å². The standard InChI is InChI=1S/2CH4.5ClH.5FH.2Sb/h2*1H4;10*1H;;/q;;;;;;;;;;;;2*+5/p-10. The van der Waals surface area contributed by atoms with E-state index in [1.54, 1.807) is 0 Å². The van der Waals surface area contributed by atoms with Crippen molar-refractivity contribution in [3.05, 3.63) is 0 Å². The van der Waals surface area contributed by atoms with Crippen LogP contribution in [0.1, 0.15) is 14.9 Å². The first-order chi connectivity index (χ1) is 4.47. The van der Waals surface area contributed by atoms with Gasteiger partial charge in [-0.1, -0.05) is 14.9 Å². The molecule has 0 heterocycles. The van der Waals surface area contributed by atoms with E-state index in [0.29, 0.717) is 0 Å². The average Bonchev–Trinajstić information content (AvgIpc) is 1.02. The zero-order valence-electron chi connectivity index (χ0n) is 4.67. The summed E-state index contributed by atoms with van der Waals surface area (Å²) in [5.41, 5.74) is 0. The second-order valence-corrected chi connectivity index (χ2v) is 42.9. The Morgan fingerprint density at radius 3 is 0.571 bits per heavy atom. The van der Waals surface area contributed by atoms with Gasteiger partial charge in [-0.05, 0) is 0 Å². The molecule has 0 bridgehead atoms. The van der Waals surface area contributed by atoms with Crippen molar-refractivity contribution in [3.63, 3.8) is 0 Å². The molecule has 0 atom stereocenters. The van der Waals surface area contributed by atoms with Gasteiger partial charge in [-0.3, -0.25) is 0 Å². The van der Waals surface area contributed by atoms with Crippen LogP contribution in [0, 0.1) is 0 Å². The molecule has 0 aromatic rings. The van der Waals surface area contributed by atoms with Gasteiger partial charge >= 0.3 is 90.2 Å². The Hall–Kier alpha value is 2.74. The summed E-state index contributed by atoms with van der Waals surface area (Å²) in [4.78, 5) is 0. The van der Waals surface area contributed by atoms with Crippen molar-refractivity contribution in [2.24, 2.45) is 0 Å². The molecular weight excluding hydrogens is 540 g/mol. The van der Waals surface area contributed by atoms with Crippen LogP contribution in [0.25, 0.3) is 0 Å². The molecule has 0 saturated carbocycles. The third-order valence-corrected chi connectivity index (χ3v) is 0. The van der Waals surface area contributed by atoms with Crippen molar-refractivity contribution in [2.45, 2.75) is 14.9 Å². The summed E-state index contributed by atoms with van der Waals surface area (Å²) in [6.07, 6.45) is 0. The van der Waals surface area contributed by atoms with Crippen molar-refractivity contribution in [3.8, 4) is 0 Å². The quantitative estimate of drug-likeness (QED) is 0.256. The van der Waals surface area contributed by atoms with Crippen LogP contribution in [-0.4, -0.2) is 32.0 Å². The van der Waals surface area contributed by atoms with Gasteiger partial charge in [0, 0.05) is 0 Å². The van der Waals surface area contributed by atoms with E-state index in [4.69, 9.17) is 44.1 Å². The molecule has 0 N–H and O–H groups in total. The second kappa shape index (κ2) is 6.61. The van der Waals surface area contributed by atoms with Crippen LogP contribution in [-0.2, 0) is 0 Å². The molecule has 0 saturated heterocycles. The number of hydrogen-bond donors (Lipinski definition) is 0. The molecule has 96 valence electrons. The number of halogens is 10. The van der Waals surface area contributed by atoms with Gasteiger partial charge < -0.3 is 0 Å². The molecule has 12 heteroatoms. The summed E-state index contributed by atoms with van der Waals surface area (Å²) >= 11 is -13.5. The minimum atomic E-state index is -9.19. The zero-order chi connectivity index (χ0) is 10.9. The Kier molecular flexibility index (Phi) is 12.1. The normalized spacial score (nSPS) is 16.4. The minimum absolute atomic E-state index is 0. The molecule has 0 unspecified atom stereocenters. The molecule has 0 amide bonds. The van der Waals surface area contributed by atoms with E-state index in [2.05, 4.69) is 0 Å². The van der Waals surface area contributed by atoms with E-state index < -0.39 is 32.0 Å². The molecule has 0 fully saturated rings. The van der Waals surface area contributed by atoms with Gasteiger partial charge in [0.2, 0.25) is 0 Å². The van der Waals surface area contributed by atoms with Gasteiger partial charge in [0.1, 0.15) is 0 Å². The van der Waals surface area contributed by atoms with E-state index in [1.165, 1.54) is 0 Å². The fourth-order valence-corrected chi connectivity index (χ4v) is 0. The molecule has 0 nitrogen and oxygen atoms in total. The molecule has 0 aliphatic rings. The number of hydrogen-bond acceptors (Lipinski definition) is 0. The summed E-state index contributed by atoms with van der Waals surface area (Å²) in [7, 11) is 25.2. The zero-order valence-corrected chi connectivity index (χ0v) is 13.6. The molecule has 0 aliphatic heterocycles. The summed E-state index contributed by atoms with van der Waals surface area (Å²) in [5.74, 6) is 0. The molecule has 0 spiro atoms. The predicted octanol–water partition coefficient (Wildman–Crippen LogP) is 6.06. The molecular formula is C2H8Cl5F5Sb2. The molecule has 0 rings (SSSR count). The maximum atomic E-state index is 9.91. The maximum absolute atomic E-state index is 9.91. The summed E-state index contributed by atoms with van der Waals surface area (Å²) < 4.78 is 49.6. The van der Waals surface area contributed by atoms with Gasteiger partial charge in [0.05, 0.1) is 0 Å². The van der Waals surface area contributed by atoms with Crippen molar-refractivity contribution in [2.75, 3.05) is 0 Å². The second-order valence-electron chi connectivity index (χ2n) is 1.28. The first-order valence-electron chi connectivity index (χ1n) is 1.69. The van der Waals surface area contributed by atoms with Gasteiger partial charge in [0.15, 0.2) is 0 Å². The Morgan fingerprint density at radius 2 is 0.571 bits per heavy atom. The monoisotopic (exact) mass is 544 g/mol. The van der Waals surface area contributed by atoms with Crippen LogP contribution in [0.15, 0.2) is 0 Å². The van der Waals surface area contributed by atoms with Crippen molar-refractivity contribution < 1.29 is 14.1 Å². The van der Waals surface area contributed by atoms with Gasteiger partial charge in [-0.15, -0.1) is 0 Å². The van der Waals surface area contributed by atoms with Crippen LogP contribution >= 0.6 is 44.1 Å². The topological polar surface area (TPSA) is 0 Å². The van der Waals surface area contributed by atoms with Crippen molar-refractivity contribution in [1.82, 2.24) is 0 Å². The molecule has 0 aliphatic carbocycles. The third-order valence-electron chi connectivity index (χ3n) is 0. The Bertz CT molecular complexity index is 113. The molecule has 0 aromatic carbocycles. The van der Waals surface area contributed by atoms with Gasteiger partial charge in [0.25, 0.3) is 0 Å². The Morgan fingerprint density at radius 1 is 0.571 bits per heavy atom.